The zero-order valence-electron chi connectivity index (χ0n) is 10.7. The van der Waals surface area contributed by atoms with E-state index in [0.29, 0.717) is 32.5 Å². The predicted octanol–water partition coefficient (Wildman–Crippen LogP) is 1.65. The second-order valence-electron chi connectivity index (χ2n) is 4.90. The Morgan fingerprint density at radius 1 is 1.47 bits per heavy atom. The van der Waals surface area contributed by atoms with Crippen molar-refractivity contribution in [1.82, 2.24) is 5.32 Å². The molecule has 1 unspecified atom stereocenters. The monoisotopic (exact) mass is 327 g/mol. The van der Waals surface area contributed by atoms with E-state index in [9.17, 15) is 9.90 Å². The molecule has 1 saturated heterocycles. The smallest absolute Gasteiger partial charge is 0.220 e. The summed E-state index contributed by atoms with van der Waals surface area (Å²) in [5, 5.41) is 12.8. The lowest BCUT2D eigenvalue weighted by Gasteiger charge is -2.20. The minimum Gasteiger partial charge on any atom is -0.386 e. The van der Waals surface area contributed by atoms with E-state index < -0.39 is 5.60 Å². The summed E-state index contributed by atoms with van der Waals surface area (Å²) in [4.78, 5) is 11.7. The third-order valence-electron chi connectivity index (χ3n) is 3.28. The number of benzene rings is 1. The first-order valence-corrected chi connectivity index (χ1v) is 7.19. The molecule has 2 N–H and O–H groups in total. The summed E-state index contributed by atoms with van der Waals surface area (Å²) in [6, 6.07) is 7.86. The zero-order chi connectivity index (χ0) is 13.7. The number of amides is 1. The molecule has 1 aliphatic rings. The number of halogens is 1. The Hall–Kier alpha value is -0.910. The average molecular weight is 328 g/mol. The molecule has 19 heavy (non-hydrogen) atoms. The van der Waals surface area contributed by atoms with E-state index in [4.69, 9.17) is 4.74 Å². The second-order valence-corrected chi connectivity index (χ2v) is 5.75. The van der Waals surface area contributed by atoms with E-state index in [-0.39, 0.29) is 12.5 Å². The summed E-state index contributed by atoms with van der Waals surface area (Å²) in [5.74, 6) is -0.0453. The quantitative estimate of drug-likeness (QED) is 0.864. The third kappa shape index (κ3) is 4.30. The average Bonchev–Trinajstić information content (AvgIpc) is 2.83. The van der Waals surface area contributed by atoms with Crippen LogP contribution in [0.5, 0.6) is 0 Å². The van der Waals surface area contributed by atoms with Gasteiger partial charge in [0.15, 0.2) is 0 Å². The van der Waals surface area contributed by atoms with E-state index in [1.807, 2.05) is 24.3 Å². The van der Waals surface area contributed by atoms with Crippen LogP contribution in [0.3, 0.4) is 0 Å². The first-order chi connectivity index (χ1) is 9.09. The van der Waals surface area contributed by atoms with Crippen LogP contribution in [0.4, 0.5) is 0 Å². The number of carbonyl (C=O) groups excluding carboxylic acids is 1. The molecule has 0 saturated carbocycles. The first kappa shape index (κ1) is 14.5. The number of rotatable bonds is 5. The molecular weight excluding hydrogens is 310 g/mol. The summed E-state index contributed by atoms with van der Waals surface area (Å²) in [5.41, 5.74) is 0.226. The van der Waals surface area contributed by atoms with Gasteiger partial charge in [0.1, 0.15) is 5.60 Å². The lowest BCUT2D eigenvalue weighted by Crippen LogP contribution is -2.43. The molecule has 1 aromatic rings. The van der Waals surface area contributed by atoms with Crippen molar-refractivity contribution in [3.05, 3.63) is 34.3 Å². The van der Waals surface area contributed by atoms with E-state index in [1.54, 1.807) is 0 Å². The molecule has 1 fully saturated rings. The summed E-state index contributed by atoms with van der Waals surface area (Å²) >= 11 is 3.46. The Morgan fingerprint density at radius 2 is 2.26 bits per heavy atom. The largest absolute Gasteiger partial charge is 0.386 e. The SMILES string of the molecule is O=C(CCc1ccccc1Br)NCC1(O)CCOC1. The zero-order valence-corrected chi connectivity index (χ0v) is 12.3. The Morgan fingerprint density at radius 3 is 2.95 bits per heavy atom. The lowest BCUT2D eigenvalue weighted by atomic mass is 10.0. The minimum atomic E-state index is -0.886. The van der Waals surface area contributed by atoms with Gasteiger partial charge in [-0.25, -0.2) is 0 Å². The van der Waals surface area contributed by atoms with Crippen molar-refractivity contribution in [2.75, 3.05) is 19.8 Å². The highest BCUT2D eigenvalue weighted by molar-refractivity contribution is 9.10. The maximum atomic E-state index is 11.7. The Bertz CT molecular complexity index is 444. The molecule has 1 aromatic carbocycles. The van der Waals surface area contributed by atoms with Gasteiger partial charge in [-0.3, -0.25) is 4.79 Å². The van der Waals surface area contributed by atoms with E-state index in [1.165, 1.54) is 0 Å². The molecule has 0 aliphatic carbocycles. The number of nitrogens with one attached hydrogen (secondary N) is 1. The molecule has 104 valence electrons. The van der Waals surface area contributed by atoms with Crippen LogP contribution in [-0.2, 0) is 16.0 Å². The van der Waals surface area contributed by atoms with Gasteiger partial charge in [0.25, 0.3) is 0 Å². The molecule has 0 bridgehead atoms. The summed E-state index contributed by atoms with van der Waals surface area (Å²) < 4.78 is 6.15. The van der Waals surface area contributed by atoms with Crippen LogP contribution in [0.1, 0.15) is 18.4 Å². The normalized spacial score (nSPS) is 22.4. The Kier molecular flexibility index (Phi) is 4.96. The Balaban J connectivity index is 1.74. The van der Waals surface area contributed by atoms with E-state index in [2.05, 4.69) is 21.2 Å². The van der Waals surface area contributed by atoms with Gasteiger partial charge in [0.2, 0.25) is 5.91 Å². The fraction of sp³-hybridized carbons (Fsp3) is 0.500. The van der Waals surface area contributed by atoms with Gasteiger partial charge in [-0.1, -0.05) is 34.1 Å². The third-order valence-corrected chi connectivity index (χ3v) is 4.05. The number of hydrogen-bond acceptors (Lipinski definition) is 3. The fourth-order valence-corrected chi connectivity index (χ4v) is 2.52. The van der Waals surface area contributed by atoms with Crippen LogP contribution in [0.15, 0.2) is 28.7 Å². The van der Waals surface area contributed by atoms with Crippen molar-refractivity contribution in [3.63, 3.8) is 0 Å². The fourth-order valence-electron chi connectivity index (χ4n) is 2.04. The van der Waals surface area contributed by atoms with Crippen LogP contribution in [0, 0.1) is 0 Å². The summed E-state index contributed by atoms with van der Waals surface area (Å²) in [6.07, 6.45) is 1.68. The predicted molar refractivity (Wildman–Crippen MR) is 75.9 cm³/mol. The topological polar surface area (TPSA) is 58.6 Å². The van der Waals surface area contributed by atoms with Crippen LogP contribution < -0.4 is 5.32 Å². The highest BCUT2D eigenvalue weighted by Crippen LogP contribution is 2.18. The summed E-state index contributed by atoms with van der Waals surface area (Å²) in [6.45, 7) is 1.13. The number of ether oxygens (including phenoxy) is 1. The van der Waals surface area contributed by atoms with Crippen LogP contribution >= 0.6 is 15.9 Å². The van der Waals surface area contributed by atoms with Gasteiger partial charge in [-0.15, -0.1) is 0 Å². The van der Waals surface area contributed by atoms with Gasteiger partial charge in [-0.05, 0) is 18.1 Å². The molecule has 2 rings (SSSR count). The molecule has 0 radical (unpaired) electrons. The number of aliphatic hydroxyl groups is 1. The second kappa shape index (κ2) is 6.50. The first-order valence-electron chi connectivity index (χ1n) is 6.39. The van der Waals surface area contributed by atoms with Crippen molar-refractivity contribution in [2.24, 2.45) is 0 Å². The molecule has 1 amide bonds. The van der Waals surface area contributed by atoms with E-state index in [0.717, 1.165) is 10.0 Å². The highest BCUT2D eigenvalue weighted by atomic mass is 79.9. The number of hydrogen-bond donors (Lipinski definition) is 2. The Labute approximate surface area is 121 Å². The lowest BCUT2D eigenvalue weighted by molar-refractivity contribution is -0.122. The summed E-state index contributed by atoms with van der Waals surface area (Å²) in [7, 11) is 0. The number of carbonyl (C=O) groups is 1. The van der Waals surface area contributed by atoms with Crippen LogP contribution in [0.25, 0.3) is 0 Å². The minimum absolute atomic E-state index is 0.0453. The maximum Gasteiger partial charge on any atom is 0.220 e. The van der Waals surface area contributed by atoms with Crippen LogP contribution in [0.2, 0.25) is 0 Å². The maximum absolute atomic E-state index is 11.7. The van der Waals surface area contributed by atoms with Gasteiger partial charge < -0.3 is 15.2 Å². The van der Waals surface area contributed by atoms with E-state index >= 15 is 0 Å². The number of aryl methyl sites for hydroxylation is 1. The highest BCUT2D eigenvalue weighted by Gasteiger charge is 2.32. The molecule has 1 atom stereocenters. The van der Waals surface area contributed by atoms with Gasteiger partial charge in [0.05, 0.1) is 6.61 Å². The van der Waals surface area contributed by atoms with Gasteiger partial charge >= 0.3 is 0 Å². The van der Waals surface area contributed by atoms with Crippen molar-refractivity contribution in [2.45, 2.75) is 24.9 Å². The molecule has 0 spiro atoms. The standard InChI is InChI=1S/C14H18BrNO3/c15-12-4-2-1-3-11(12)5-6-13(17)16-9-14(18)7-8-19-10-14/h1-4,18H,5-10H2,(H,16,17). The molecule has 5 heteroatoms. The molecule has 0 aromatic heterocycles. The van der Waals surface area contributed by atoms with Crippen molar-refractivity contribution >= 4 is 21.8 Å². The molecular formula is C14H18BrNO3. The van der Waals surface area contributed by atoms with Crippen molar-refractivity contribution in [3.8, 4) is 0 Å². The van der Waals surface area contributed by atoms with Gasteiger partial charge in [0, 0.05) is 30.5 Å². The van der Waals surface area contributed by atoms with Gasteiger partial charge in [-0.2, -0.15) is 0 Å². The molecule has 1 heterocycles. The van der Waals surface area contributed by atoms with Crippen LogP contribution in [-0.4, -0.2) is 36.4 Å². The van der Waals surface area contributed by atoms with Crippen molar-refractivity contribution < 1.29 is 14.6 Å². The molecule has 4 nitrogen and oxygen atoms in total. The van der Waals surface area contributed by atoms with Crippen molar-refractivity contribution in [1.29, 1.82) is 0 Å². The molecule has 1 aliphatic heterocycles.